The van der Waals surface area contributed by atoms with E-state index in [0.29, 0.717) is 11.4 Å². The van der Waals surface area contributed by atoms with Crippen LogP contribution in [0.1, 0.15) is 44.9 Å². The van der Waals surface area contributed by atoms with Crippen LogP contribution in [0, 0.1) is 0 Å². The number of dihydropyridines is 1. The fraction of sp³-hybridized carbons (Fsp3) is 0.333. The summed E-state index contributed by atoms with van der Waals surface area (Å²) in [7, 11) is 0. The Morgan fingerprint density at radius 1 is 0.939 bits per heavy atom. The minimum atomic E-state index is -4.59. The maximum absolute atomic E-state index is 13.5. The number of carbonyl (C=O) groups excluding carboxylic acids is 2. The molecule has 2 aromatic rings. The molecule has 0 spiro atoms. The van der Waals surface area contributed by atoms with Gasteiger partial charge in [0.15, 0.2) is 0 Å². The molecule has 2 heterocycles. The van der Waals surface area contributed by atoms with Gasteiger partial charge in [-0.2, -0.15) is 13.2 Å². The molecule has 0 radical (unpaired) electrons. The van der Waals surface area contributed by atoms with E-state index in [4.69, 9.17) is 13.9 Å². The second-order valence-electron chi connectivity index (χ2n) is 7.32. The highest BCUT2D eigenvalue weighted by Gasteiger charge is 2.40. The van der Waals surface area contributed by atoms with Crippen molar-refractivity contribution in [3.8, 4) is 11.3 Å². The van der Waals surface area contributed by atoms with Gasteiger partial charge in [0.25, 0.3) is 0 Å². The number of hydrogen-bond acceptors (Lipinski definition) is 6. The minimum absolute atomic E-state index is 0.0434. The Hall–Kier alpha value is -3.49. The highest BCUT2D eigenvalue weighted by molar-refractivity contribution is 5.99. The summed E-state index contributed by atoms with van der Waals surface area (Å²) in [5.74, 6) is -2.28. The molecule has 1 N–H and O–H groups in total. The SMILES string of the molecule is CCOC(=O)C1=C(C)NC(C)=C(C(=O)OCC)C1c1ccc(-c2ccccc2C(F)(F)F)o1. The van der Waals surface area contributed by atoms with Crippen molar-refractivity contribution in [1.29, 1.82) is 0 Å². The van der Waals surface area contributed by atoms with Gasteiger partial charge in [-0.05, 0) is 45.9 Å². The van der Waals surface area contributed by atoms with E-state index in [-0.39, 0.29) is 41.4 Å². The van der Waals surface area contributed by atoms with Crippen LogP contribution < -0.4 is 5.32 Å². The Bertz CT molecular complexity index is 1090. The number of esters is 2. The molecule has 1 aromatic heterocycles. The lowest BCUT2D eigenvalue weighted by Crippen LogP contribution is -2.32. The summed E-state index contributed by atoms with van der Waals surface area (Å²) in [4.78, 5) is 25.6. The molecule has 3 rings (SSSR count). The molecule has 0 saturated carbocycles. The highest BCUT2D eigenvalue weighted by Crippen LogP contribution is 2.43. The monoisotopic (exact) mass is 463 g/mol. The van der Waals surface area contributed by atoms with Gasteiger partial charge in [0.2, 0.25) is 0 Å². The van der Waals surface area contributed by atoms with Gasteiger partial charge in [-0.15, -0.1) is 0 Å². The Labute approximate surface area is 189 Å². The number of rotatable bonds is 6. The molecule has 176 valence electrons. The molecule has 1 aromatic carbocycles. The summed E-state index contributed by atoms with van der Waals surface area (Å²) < 4.78 is 56.8. The third kappa shape index (κ3) is 4.81. The van der Waals surface area contributed by atoms with E-state index < -0.39 is 29.6 Å². The van der Waals surface area contributed by atoms with Crippen molar-refractivity contribution in [2.45, 2.75) is 39.8 Å². The standard InChI is InChI=1S/C24H24F3NO5/c1-5-31-22(29)19-13(3)28-14(4)20(23(30)32-6-2)21(19)18-12-11-17(33-18)15-9-7-8-10-16(15)24(25,26)27/h7-12,21,28H,5-6H2,1-4H3. The zero-order valence-electron chi connectivity index (χ0n) is 18.6. The van der Waals surface area contributed by atoms with Crippen molar-refractivity contribution >= 4 is 11.9 Å². The number of ether oxygens (including phenoxy) is 2. The fourth-order valence-electron chi connectivity index (χ4n) is 3.84. The van der Waals surface area contributed by atoms with E-state index >= 15 is 0 Å². The quantitative estimate of drug-likeness (QED) is 0.584. The van der Waals surface area contributed by atoms with Crippen LogP contribution in [0.4, 0.5) is 13.2 Å². The smallest absolute Gasteiger partial charge is 0.417 e. The largest absolute Gasteiger partial charge is 0.463 e. The van der Waals surface area contributed by atoms with Crippen molar-refractivity contribution < 1.29 is 36.7 Å². The summed E-state index contributed by atoms with van der Waals surface area (Å²) in [6.45, 7) is 6.78. The van der Waals surface area contributed by atoms with Crippen molar-refractivity contribution in [1.82, 2.24) is 5.32 Å². The summed E-state index contributed by atoms with van der Waals surface area (Å²) in [6.07, 6.45) is -4.59. The van der Waals surface area contributed by atoms with Crippen LogP contribution in [0.15, 0.2) is 63.4 Å². The van der Waals surface area contributed by atoms with Gasteiger partial charge in [0, 0.05) is 17.0 Å². The van der Waals surface area contributed by atoms with Gasteiger partial charge in [0.05, 0.1) is 35.8 Å². The summed E-state index contributed by atoms with van der Waals surface area (Å²) >= 11 is 0. The maximum Gasteiger partial charge on any atom is 0.417 e. The number of nitrogens with one attached hydrogen (secondary N) is 1. The topological polar surface area (TPSA) is 77.8 Å². The van der Waals surface area contributed by atoms with E-state index in [0.717, 1.165) is 6.07 Å². The zero-order chi connectivity index (χ0) is 24.3. The second kappa shape index (κ2) is 9.56. The first-order valence-electron chi connectivity index (χ1n) is 10.4. The molecule has 33 heavy (non-hydrogen) atoms. The van der Waals surface area contributed by atoms with Gasteiger partial charge in [-0.3, -0.25) is 0 Å². The fourth-order valence-corrected chi connectivity index (χ4v) is 3.84. The summed E-state index contributed by atoms with van der Waals surface area (Å²) in [5, 5.41) is 2.99. The lowest BCUT2D eigenvalue weighted by molar-refractivity contribution is -0.140. The van der Waals surface area contributed by atoms with Gasteiger partial charge in [-0.1, -0.05) is 18.2 Å². The average Bonchev–Trinajstić information content (AvgIpc) is 3.22. The number of hydrogen-bond donors (Lipinski definition) is 1. The summed E-state index contributed by atoms with van der Waals surface area (Å²) in [6, 6.07) is 7.87. The number of benzene rings is 1. The Morgan fingerprint density at radius 2 is 1.48 bits per heavy atom. The lowest BCUT2D eigenvalue weighted by atomic mass is 9.83. The molecule has 0 unspecified atom stereocenters. The van der Waals surface area contributed by atoms with E-state index in [1.807, 2.05) is 0 Å². The van der Waals surface area contributed by atoms with Crippen LogP contribution in [-0.4, -0.2) is 25.2 Å². The highest BCUT2D eigenvalue weighted by atomic mass is 19.4. The van der Waals surface area contributed by atoms with E-state index in [1.165, 1.54) is 30.3 Å². The number of carbonyl (C=O) groups is 2. The van der Waals surface area contributed by atoms with Crippen molar-refractivity contribution in [2.75, 3.05) is 13.2 Å². The normalized spacial score (nSPS) is 14.9. The molecule has 0 atom stereocenters. The lowest BCUT2D eigenvalue weighted by Gasteiger charge is -2.29. The first-order chi connectivity index (χ1) is 15.6. The molecule has 0 aliphatic carbocycles. The third-order valence-corrected chi connectivity index (χ3v) is 5.16. The molecule has 1 aliphatic rings. The van der Waals surface area contributed by atoms with E-state index in [2.05, 4.69) is 5.32 Å². The zero-order valence-corrected chi connectivity index (χ0v) is 18.6. The van der Waals surface area contributed by atoms with E-state index in [9.17, 15) is 22.8 Å². The van der Waals surface area contributed by atoms with Crippen LogP contribution in [0.25, 0.3) is 11.3 Å². The second-order valence-corrected chi connectivity index (χ2v) is 7.32. The van der Waals surface area contributed by atoms with Crippen molar-refractivity contribution in [3.63, 3.8) is 0 Å². The Balaban J connectivity index is 2.17. The Morgan fingerprint density at radius 3 is 2.00 bits per heavy atom. The molecule has 9 heteroatoms. The minimum Gasteiger partial charge on any atom is -0.463 e. The molecule has 1 aliphatic heterocycles. The first-order valence-corrected chi connectivity index (χ1v) is 10.4. The van der Waals surface area contributed by atoms with Crippen LogP contribution in [0.2, 0.25) is 0 Å². The van der Waals surface area contributed by atoms with Crippen LogP contribution in [0.5, 0.6) is 0 Å². The van der Waals surface area contributed by atoms with Gasteiger partial charge >= 0.3 is 18.1 Å². The van der Waals surface area contributed by atoms with E-state index in [1.54, 1.807) is 27.7 Å². The molecule has 0 amide bonds. The number of alkyl halides is 3. The number of furan rings is 1. The average molecular weight is 463 g/mol. The number of allylic oxidation sites excluding steroid dienone is 2. The maximum atomic E-state index is 13.5. The molecular weight excluding hydrogens is 439 g/mol. The van der Waals surface area contributed by atoms with Crippen LogP contribution in [0.3, 0.4) is 0 Å². The molecule has 0 bridgehead atoms. The predicted molar refractivity (Wildman–Crippen MR) is 114 cm³/mol. The summed E-state index contributed by atoms with van der Waals surface area (Å²) in [5.41, 5.74) is 0.120. The first kappa shape index (κ1) is 24.2. The molecule has 0 saturated heterocycles. The molecular formula is C24H24F3NO5. The van der Waals surface area contributed by atoms with Crippen molar-refractivity contribution in [2.24, 2.45) is 0 Å². The van der Waals surface area contributed by atoms with Gasteiger partial charge in [-0.25, -0.2) is 9.59 Å². The van der Waals surface area contributed by atoms with Gasteiger partial charge in [0.1, 0.15) is 11.5 Å². The van der Waals surface area contributed by atoms with Gasteiger partial charge < -0.3 is 19.2 Å². The van der Waals surface area contributed by atoms with Crippen LogP contribution >= 0.6 is 0 Å². The molecule has 0 fully saturated rings. The van der Waals surface area contributed by atoms with Crippen molar-refractivity contribution in [3.05, 3.63) is 70.3 Å². The number of halogens is 3. The van der Waals surface area contributed by atoms with Crippen LogP contribution in [-0.2, 0) is 25.2 Å². The third-order valence-electron chi connectivity index (χ3n) is 5.16. The molecule has 6 nitrogen and oxygen atoms in total. The Kier molecular flexibility index (Phi) is 7.00. The predicted octanol–water partition coefficient (Wildman–Crippen LogP) is 5.33.